The Balaban J connectivity index is 1.39. The first kappa shape index (κ1) is 19.6. The summed E-state index contributed by atoms with van der Waals surface area (Å²) in [6.45, 7) is 4.42. The summed E-state index contributed by atoms with van der Waals surface area (Å²) < 4.78 is 16.1. The van der Waals surface area contributed by atoms with E-state index in [4.69, 9.17) is 13.9 Å². The van der Waals surface area contributed by atoms with Gasteiger partial charge in [0.25, 0.3) is 11.8 Å². The lowest BCUT2D eigenvalue weighted by molar-refractivity contribution is 0.0166. The van der Waals surface area contributed by atoms with Gasteiger partial charge in [0.05, 0.1) is 28.9 Å². The fraction of sp³-hybridized carbons (Fsp3) is 0.474. The average Bonchev–Trinajstić information content (AvgIpc) is 3.39. The van der Waals surface area contributed by atoms with Crippen LogP contribution in [0.2, 0.25) is 0 Å². The molecule has 0 bridgehead atoms. The lowest BCUT2D eigenvalue weighted by Gasteiger charge is -2.10. The first-order valence-corrected chi connectivity index (χ1v) is 9.88. The molecular formula is C19H24N2O5S. The van der Waals surface area contributed by atoms with E-state index < -0.39 is 0 Å². The van der Waals surface area contributed by atoms with Gasteiger partial charge >= 0.3 is 0 Å². The maximum Gasteiger partial charge on any atom is 0.291 e. The van der Waals surface area contributed by atoms with Gasteiger partial charge in [0.1, 0.15) is 0 Å². The molecular weight excluding hydrogens is 368 g/mol. The van der Waals surface area contributed by atoms with Crippen LogP contribution in [0.4, 0.5) is 5.00 Å². The number of rotatable bonds is 9. The Morgan fingerprint density at radius 2 is 2.26 bits per heavy atom. The maximum atomic E-state index is 12.3. The number of hydrogen-bond acceptors (Lipinski definition) is 6. The fourth-order valence-corrected chi connectivity index (χ4v) is 3.78. The summed E-state index contributed by atoms with van der Waals surface area (Å²) in [5, 5.41) is 6.25. The number of amides is 2. The molecule has 0 spiro atoms. The van der Waals surface area contributed by atoms with Gasteiger partial charge in [-0.05, 0) is 49.9 Å². The monoisotopic (exact) mass is 392 g/mol. The van der Waals surface area contributed by atoms with Gasteiger partial charge in [0, 0.05) is 19.8 Å². The minimum absolute atomic E-state index is 0.143. The van der Waals surface area contributed by atoms with Crippen LogP contribution in [0.3, 0.4) is 0 Å². The molecule has 0 aliphatic carbocycles. The van der Waals surface area contributed by atoms with E-state index >= 15 is 0 Å². The molecule has 146 valence electrons. The van der Waals surface area contributed by atoms with Crippen LogP contribution < -0.4 is 10.6 Å². The number of carbonyl (C=O) groups is 2. The first-order chi connectivity index (χ1) is 13.1. The third kappa shape index (κ3) is 5.66. The number of ether oxygens (including phenoxy) is 2. The minimum Gasteiger partial charge on any atom is -0.459 e. The number of carbonyl (C=O) groups excluding carboxylic acids is 2. The SMILES string of the molecule is Cc1cc(NC(=O)c2ccco2)sc1C(=O)NCCCOCC1CCCO1. The third-order valence-electron chi connectivity index (χ3n) is 4.18. The lowest BCUT2D eigenvalue weighted by Crippen LogP contribution is -2.25. The second-order valence-electron chi connectivity index (χ2n) is 6.37. The lowest BCUT2D eigenvalue weighted by atomic mass is 10.2. The molecule has 7 nitrogen and oxygen atoms in total. The van der Waals surface area contributed by atoms with Crippen molar-refractivity contribution in [1.82, 2.24) is 5.32 Å². The van der Waals surface area contributed by atoms with Crippen molar-refractivity contribution in [2.45, 2.75) is 32.3 Å². The standard InChI is InChI=1S/C19H24N2O5S/c1-13-11-16(21-18(22)15-6-3-10-26-15)27-17(13)19(23)20-7-4-8-24-12-14-5-2-9-25-14/h3,6,10-11,14H,2,4-5,7-9,12H2,1H3,(H,20,23)(H,21,22). The van der Waals surface area contributed by atoms with Gasteiger partial charge < -0.3 is 24.5 Å². The highest BCUT2D eigenvalue weighted by molar-refractivity contribution is 7.18. The summed E-state index contributed by atoms with van der Waals surface area (Å²) in [6, 6.07) is 5.02. The Labute approximate surface area is 162 Å². The zero-order valence-electron chi connectivity index (χ0n) is 15.3. The van der Waals surface area contributed by atoms with E-state index in [1.165, 1.54) is 17.6 Å². The Bertz CT molecular complexity index is 750. The number of furan rings is 1. The number of nitrogens with one attached hydrogen (secondary N) is 2. The maximum absolute atomic E-state index is 12.3. The van der Waals surface area contributed by atoms with Crippen molar-refractivity contribution in [3.63, 3.8) is 0 Å². The van der Waals surface area contributed by atoms with E-state index in [9.17, 15) is 9.59 Å². The van der Waals surface area contributed by atoms with Gasteiger partial charge in [0.15, 0.2) is 5.76 Å². The predicted octanol–water partition coefficient (Wildman–Crippen LogP) is 3.22. The number of anilines is 1. The van der Waals surface area contributed by atoms with E-state index in [1.54, 1.807) is 18.2 Å². The van der Waals surface area contributed by atoms with Gasteiger partial charge in [-0.25, -0.2) is 0 Å². The van der Waals surface area contributed by atoms with E-state index in [0.717, 1.165) is 31.4 Å². The van der Waals surface area contributed by atoms with Crippen LogP contribution in [-0.4, -0.2) is 44.3 Å². The molecule has 0 radical (unpaired) electrons. The summed E-state index contributed by atoms with van der Waals surface area (Å²) in [5.74, 6) is -0.248. The van der Waals surface area contributed by atoms with Gasteiger partial charge in [-0.15, -0.1) is 11.3 Å². The Morgan fingerprint density at radius 3 is 3.00 bits per heavy atom. The Hall–Kier alpha value is -2.16. The smallest absolute Gasteiger partial charge is 0.291 e. The molecule has 0 aromatic carbocycles. The second-order valence-corrected chi connectivity index (χ2v) is 7.43. The zero-order valence-corrected chi connectivity index (χ0v) is 16.1. The predicted molar refractivity (Wildman–Crippen MR) is 102 cm³/mol. The topological polar surface area (TPSA) is 89.8 Å². The van der Waals surface area contributed by atoms with Crippen molar-refractivity contribution in [2.75, 3.05) is 31.7 Å². The molecule has 3 heterocycles. The molecule has 1 aliphatic heterocycles. The van der Waals surface area contributed by atoms with Gasteiger partial charge in [-0.2, -0.15) is 0 Å². The van der Waals surface area contributed by atoms with E-state index in [-0.39, 0.29) is 23.7 Å². The van der Waals surface area contributed by atoms with Crippen LogP contribution in [0, 0.1) is 6.92 Å². The normalized spacial score (nSPS) is 16.4. The summed E-state index contributed by atoms with van der Waals surface area (Å²) in [6.07, 6.45) is 4.58. The van der Waals surface area contributed by atoms with E-state index in [1.807, 2.05) is 6.92 Å². The number of aryl methyl sites for hydroxylation is 1. The number of hydrogen-bond donors (Lipinski definition) is 2. The highest BCUT2D eigenvalue weighted by Crippen LogP contribution is 2.27. The van der Waals surface area contributed by atoms with Crippen molar-refractivity contribution in [1.29, 1.82) is 0 Å². The zero-order chi connectivity index (χ0) is 19.1. The molecule has 2 aromatic rings. The molecule has 2 aromatic heterocycles. The molecule has 2 amide bonds. The largest absolute Gasteiger partial charge is 0.459 e. The molecule has 27 heavy (non-hydrogen) atoms. The summed E-state index contributed by atoms with van der Waals surface area (Å²) in [5.41, 5.74) is 0.821. The Morgan fingerprint density at radius 1 is 1.37 bits per heavy atom. The van der Waals surface area contributed by atoms with Crippen LogP contribution >= 0.6 is 11.3 Å². The molecule has 1 fully saturated rings. The summed E-state index contributed by atoms with van der Waals surface area (Å²) in [7, 11) is 0. The van der Waals surface area contributed by atoms with Crippen molar-refractivity contribution in [3.8, 4) is 0 Å². The third-order valence-corrected chi connectivity index (χ3v) is 5.34. The summed E-state index contributed by atoms with van der Waals surface area (Å²) in [4.78, 5) is 24.9. The van der Waals surface area contributed by atoms with Crippen molar-refractivity contribution < 1.29 is 23.5 Å². The van der Waals surface area contributed by atoms with Crippen LogP contribution in [-0.2, 0) is 9.47 Å². The molecule has 0 saturated carbocycles. The average molecular weight is 392 g/mol. The van der Waals surface area contributed by atoms with Crippen LogP contribution in [0.5, 0.6) is 0 Å². The molecule has 3 rings (SSSR count). The highest BCUT2D eigenvalue weighted by atomic mass is 32.1. The van der Waals surface area contributed by atoms with E-state index in [0.29, 0.717) is 29.6 Å². The molecule has 2 N–H and O–H groups in total. The molecule has 1 saturated heterocycles. The highest BCUT2D eigenvalue weighted by Gasteiger charge is 2.17. The second kappa shape index (κ2) is 9.68. The minimum atomic E-state index is -0.336. The molecule has 1 aliphatic rings. The number of thiophene rings is 1. The van der Waals surface area contributed by atoms with Gasteiger partial charge in [-0.3, -0.25) is 9.59 Å². The molecule has 1 atom stereocenters. The molecule has 1 unspecified atom stereocenters. The first-order valence-electron chi connectivity index (χ1n) is 9.06. The molecule has 8 heteroatoms. The van der Waals surface area contributed by atoms with E-state index in [2.05, 4.69) is 10.6 Å². The van der Waals surface area contributed by atoms with Crippen LogP contribution in [0.1, 0.15) is 45.1 Å². The van der Waals surface area contributed by atoms with Crippen molar-refractivity contribution in [3.05, 3.63) is 40.7 Å². The van der Waals surface area contributed by atoms with Crippen molar-refractivity contribution in [2.24, 2.45) is 0 Å². The van der Waals surface area contributed by atoms with Gasteiger partial charge in [-0.1, -0.05) is 0 Å². The summed E-state index contributed by atoms with van der Waals surface area (Å²) >= 11 is 1.24. The van der Waals surface area contributed by atoms with Crippen molar-refractivity contribution >= 4 is 28.2 Å². The van der Waals surface area contributed by atoms with Gasteiger partial charge in [0.2, 0.25) is 0 Å². The quantitative estimate of drug-likeness (QED) is 0.640. The van der Waals surface area contributed by atoms with Crippen LogP contribution in [0.25, 0.3) is 0 Å². The fourth-order valence-electron chi connectivity index (χ4n) is 2.80. The Kier molecular flexibility index (Phi) is 7.03. The van der Waals surface area contributed by atoms with Crippen LogP contribution in [0.15, 0.2) is 28.9 Å².